The van der Waals surface area contributed by atoms with E-state index >= 15 is 0 Å². The minimum absolute atomic E-state index is 0.156. The molecule has 9 nitrogen and oxygen atoms in total. The number of fused-ring (bicyclic) bond motifs is 2. The summed E-state index contributed by atoms with van der Waals surface area (Å²) in [6.45, 7) is 4.48. The largest absolute Gasteiger partial charge is 0.493 e. The minimum atomic E-state index is -0.897. The standard InChI is InChI=1S/C33H30N2O7S/c1-4-16-40-30-22(12-9-13-24(30)38-3)29-27(32(37)39-5-2)28(21-10-7-6-8-11-21)34-33-35(29)31(36)26(43-33)18-20-14-15-23-25(17-20)42-19-41-23/h6-15,17-18,29H,4-5,16,19H2,1-3H3/t29-/m1/s1. The summed E-state index contributed by atoms with van der Waals surface area (Å²) in [5.74, 6) is 1.66. The Morgan fingerprint density at radius 2 is 1.88 bits per heavy atom. The molecule has 10 heteroatoms. The molecule has 0 saturated carbocycles. The quantitative estimate of drug-likeness (QED) is 0.263. The van der Waals surface area contributed by atoms with Crippen molar-refractivity contribution in [2.45, 2.75) is 26.3 Å². The molecule has 0 fully saturated rings. The van der Waals surface area contributed by atoms with Gasteiger partial charge >= 0.3 is 5.97 Å². The highest BCUT2D eigenvalue weighted by molar-refractivity contribution is 7.07. The Bertz CT molecular complexity index is 1890. The number of esters is 1. The van der Waals surface area contributed by atoms with Crippen LogP contribution in [0.3, 0.4) is 0 Å². The number of carbonyl (C=O) groups is 1. The molecule has 2 aliphatic rings. The average Bonchev–Trinajstić information content (AvgIpc) is 3.63. The van der Waals surface area contributed by atoms with E-state index in [1.807, 2.05) is 67.6 Å². The van der Waals surface area contributed by atoms with Crippen LogP contribution < -0.4 is 33.8 Å². The smallest absolute Gasteiger partial charge is 0.338 e. The van der Waals surface area contributed by atoms with E-state index in [0.717, 1.165) is 17.5 Å². The minimum Gasteiger partial charge on any atom is -0.493 e. The average molecular weight is 599 g/mol. The van der Waals surface area contributed by atoms with Crippen LogP contribution in [-0.2, 0) is 9.53 Å². The predicted octanol–water partition coefficient (Wildman–Crippen LogP) is 4.46. The molecule has 1 aromatic heterocycles. The summed E-state index contributed by atoms with van der Waals surface area (Å²) in [6, 6.07) is 19.5. The summed E-state index contributed by atoms with van der Waals surface area (Å²) in [5, 5.41) is 0. The fourth-order valence-electron chi connectivity index (χ4n) is 5.16. The van der Waals surface area contributed by atoms with Gasteiger partial charge in [-0.3, -0.25) is 9.36 Å². The van der Waals surface area contributed by atoms with E-state index in [1.54, 1.807) is 30.7 Å². The molecule has 0 aliphatic carbocycles. The maximum Gasteiger partial charge on any atom is 0.338 e. The molecular formula is C33H30N2O7S. The Labute approximate surface area is 251 Å². The lowest BCUT2D eigenvalue weighted by molar-refractivity contribution is -0.138. The monoisotopic (exact) mass is 598 g/mol. The molecule has 220 valence electrons. The molecule has 4 aromatic rings. The van der Waals surface area contributed by atoms with E-state index in [4.69, 9.17) is 28.7 Å². The molecule has 0 spiro atoms. The first kappa shape index (κ1) is 28.3. The van der Waals surface area contributed by atoms with Crippen LogP contribution >= 0.6 is 11.3 Å². The molecule has 0 amide bonds. The van der Waals surface area contributed by atoms with Crippen molar-refractivity contribution < 1.29 is 28.5 Å². The predicted molar refractivity (Wildman–Crippen MR) is 162 cm³/mol. The van der Waals surface area contributed by atoms with Crippen LogP contribution in [0.4, 0.5) is 0 Å². The zero-order chi connectivity index (χ0) is 29.9. The van der Waals surface area contributed by atoms with E-state index in [-0.39, 0.29) is 24.5 Å². The molecule has 2 aliphatic heterocycles. The molecule has 0 N–H and O–H groups in total. The molecule has 0 radical (unpaired) electrons. The Kier molecular flexibility index (Phi) is 8.02. The van der Waals surface area contributed by atoms with Gasteiger partial charge in [0.25, 0.3) is 5.56 Å². The maximum atomic E-state index is 14.3. The van der Waals surface area contributed by atoms with Gasteiger partial charge < -0.3 is 23.7 Å². The third-order valence-electron chi connectivity index (χ3n) is 7.04. The van der Waals surface area contributed by atoms with Gasteiger partial charge in [-0.25, -0.2) is 9.79 Å². The van der Waals surface area contributed by atoms with Crippen LogP contribution in [0.2, 0.25) is 0 Å². The summed E-state index contributed by atoms with van der Waals surface area (Å²) in [5.41, 5.74) is 2.46. The molecule has 43 heavy (non-hydrogen) atoms. The van der Waals surface area contributed by atoms with E-state index in [0.29, 0.717) is 50.2 Å². The number of ether oxygens (including phenoxy) is 5. The Morgan fingerprint density at radius 3 is 2.65 bits per heavy atom. The topological polar surface area (TPSA) is 97.6 Å². The van der Waals surface area contributed by atoms with E-state index in [1.165, 1.54) is 11.3 Å². The van der Waals surface area contributed by atoms with Crippen molar-refractivity contribution >= 4 is 29.1 Å². The van der Waals surface area contributed by atoms with E-state index < -0.39 is 12.0 Å². The van der Waals surface area contributed by atoms with Crippen molar-refractivity contribution in [3.63, 3.8) is 0 Å². The van der Waals surface area contributed by atoms with Gasteiger partial charge in [-0.2, -0.15) is 0 Å². The number of rotatable bonds is 9. The Morgan fingerprint density at radius 1 is 1.07 bits per heavy atom. The number of benzene rings is 3. The van der Waals surface area contributed by atoms with Gasteiger partial charge in [0.1, 0.15) is 6.04 Å². The Hall–Kier alpha value is -4.83. The van der Waals surface area contributed by atoms with Crippen LogP contribution in [0, 0.1) is 0 Å². The number of thiazole rings is 1. The first-order valence-corrected chi connectivity index (χ1v) is 14.8. The van der Waals surface area contributed by atoms with Gasteiger partial charge in [0, 0.05) is 11.1 Å². The molecule has 0 saturated heterocycles. The lowest BCUT2D eigenvalue weighted by Crippen LogP contribution is -2.40. The van der Waals surface area contributed by atoms with Crippen molar-refractivity contribution in [2.24, 2.45) is 4.99 Å². The van der Waals surface area contributed by atoms with Gasteiger partial charge in [0.2, 0.25) is 6.79 Å². The number of nitrogens with zero attached hydrogens (tertiary/aromatic N) is 2. The van der Waals surface area contributed by atoms with Gasteiger partial charge in [-0.05, 0) is 43.2 Å². The highest BCUT2D eigenvalue weighted by Crippen LogP contribution is 2.42. The summed E-state index contributed by atoms with van der Waals surface area (Å²) in [4.78, 5) is 33.4. The van der Waals surface area contributed by atoms with Gasteiger partial charge in [0.15, 0.2) is 27.8 Å². The molecule has 3 heterocycles. The van der Waals surface area contributed by atoms with Crippen molar-refractivity contribution in [3.05, 3.63) is 109 Å². The van der Waals surface area contributed by atoms with Crippen LogP contribution in [0.1, 0.15) is 43.0 Å². The highest BCUT2D eigenvalue weighted by atomic mass is 32.1. The Balaban J connectivity index is 1.65. The third kappa shape index (κ3) is 5.30. The zero-order valence-corrected chi connectivity index (χ0v) is 24.8. The van der Waals surface area contributed by atoms with Crippen molar-refractivity contribution in [1.29, 1.82) is 0 Å². The maximum absolute atomic E-state index is 14.3. The summed E-state index contributed by atoms with van der Waals surface area (Å²) < 4.78 is 30.4. The fourth-order valence-corrected chi connectivity index (χ4v) is 6.16. The number of methoxy groups -OCH3 is 1. The molecular weight excluding hydrogens is 568 g/mol. The third-order valence-corrected chi connectivity index (χ3v) is 8.03. The highest BCUT2D eigenvalue weighted by Gasteiger charge is 2.37. The van der Waals surface area contributed by atoms with Gasteiger partial charge in [-0.1, -0.05) is 66.8 Å². The normalized spacial score (nSPS) is 15.6. The molecule has 3 aromatic carbocycles. The summed E-state index contributed by atoms with van der Waals surface area (Å²) in [6.07, 6.45) is 2.55. The number of carbonyl (C=O) groups excluding carboxylic acids is 1. The second kappa shape index (κ2) is 12.2. The van der Waals surface area contributed by atoms with Crippen molar-refractivity contribution in [3.8, 4) is 23.0 Å². The van der Waals surface area contributed by atoms with Crippen LogP contribution in [0.25, 0.3) is 11.8 Å². The van der Waals surface area contributed by atoms with Crippen molar-refractivity contribution in [2.75, 3.05) is 27.1 Å². The second-order valence-corrected chi connectivity index (χ2v) is 10.8. The molecule has 0 unspecified atom stereocenters. The van der Waals surface area contributed by atoms with Gasteiger partial charge in [0.05, 0.1) is 36.1 Å². The van der Waals surface area contributed by atoms with Crippen molar-refractivity contribution in [1.82, 2.24) is 4.57 Å². The van der Waals surface area contributed by atoms with E-state index in [2.05, 4.69) is 0 Å². The molecule has 6 rings (SSSR count). The lowest BCUT2D eigenvalue weighted by atomic mass is 9.92. The van der Waals surface area contributed by atoms with Crippen LogP contribution in [-0.4, -0.2) is 37.7 Å². The SMILES string of the molecule is CCCOc1c(OC)cccc1[C@@H]1C(C(=O)OCC)=C(c2ccccc2)N=c2sc(=Cc3ccc4c(c3)OCO4)c(=O)n21. The zero-order valence-electron chi connectivity index (χ0n) is 24.0. The number of aromatic nitrogens is 1. The first-order valence-electron chi connectivity index (χ1n) is 14.0. The summed E-state index contributed by atoms with van der Waals surface area (Å²) >= 11 is 1.25. The first-order chi connectivity index (χ1) is 21.0. The number of para-hydroxylation sites is 1. The molecule has 0 bridgehead atoms. The second-order valence-electron chi connectivity index (χ2n) is 9.77. The summed E-state index contributed by atoms with van der Waals surface area (Å²) in [7, 11) is 1.56. The van der Waals surface area contributed by atoms with E-state index in [9.17, 15) is 9.59 Å². The van der Waals surface area contributed by atoms with Crippen LogP contribution in [0.15, 0.2) is 82.1 Å². The lowest BCUT2D eigenvalue weighted by Gasteiger charge is -2.27. The molecule has 1 atom stereocenters. The fraction of sp³-hybridized carbons (Fsp3) is 0.242. The number of hydrogen-bond donors (Lipinski definition) is 0. The van der Waals surface area contributed by atoms with Crippen LogP contribution in [0.5, 0.6) is 23.0 Å². The number of hydrogen-bond acceptors (Lipinski definition) is 9. The van der Waals surface area contributed by atoms with Gasteiger partial charge in [-0.15, -0.1) is 0 Å².